The van der Waals surface area contributed by atoms with Crippen LogP contribution >= 0.6 is 0 Å². The summed E-state index contributed by atoms with van der Waals surface area (Å²) in [5.74, 6) is 0.0929. The molecule has 3 saturated heterocycles. The lowest BCUT2D eigenvalue weighted by Gasteiger charge is -2.53. The number of aromatic nitrogens is 1. The van der Waals surface area contributed by atoms with Crippen molar-refractivity contribution < 1.29 is 13.8 Å². The fourth-order valence-corrected chi connectivity index (χ4v) is 3.67. The normalized spacial score (nSPS) is 29.0. The highest BCUT2D eigenvalue weighted by Crippen LogP contribution is 2.24. The van der Waals surface area contributed by atoms with Crippen molar-refractivity contribution in [3.8, 4) is 0 Å². The number of hydrogen-bond donors (Lipinski definition) is 2. The molecule has 0 unspecified atom stereocenters. The minimum Gasteiger partial charge on any atom is -0.390 e. The van der Waals surface area contributed by atoms with Crippen LogP contribution in [-0.4, -0.2) is 85.6 Å². The third-order valence-electron chi connectivity index (χ3n) is 5.53. The molecule has 2 bridgehead atoms. The standard InChI is InChI=1S/C17H27N6O/c1-22-6-9-23(10-7-22,11-8-22)13-17(24)21-16-3-2-15(20-12-16)4-5-19-14-18/h2-3,12,14H,4-11,13H2,1H3,(H2-,18,19,21,24)/q+1/p+1. The Hall–Kier alpha value is -1.99. The first kappa shape index (κ1) is 16.9. The smallest absolute Gasteiger partial charge is 0.279 e. The Morgan fingerprint density at radius 1 is 1.29 bits per heavy atom. The van der Waals surface area contributed by atoms with Gasteiger partial charge in [0.25, 0.3) is 5.91 Å². The molecular formula is C17H28N6O+2. The molecule has 3 N–H and O–H groups in total. The number of quaternary nitrogens is 2. The summed E-state index contributed by atoms with van der Waals surface area (Å²) < 4.78 is 2.13. The van der Waals surface area contributed by atoms with Crippen molar-refractivity contribution in [2.45, 2.75) is 6.42 Å². The van der Waals surface area contributed by atoms with Gasteiger partial charge in [-0.05, 0) is 12.1 Å². The van der Waals surface area contributed by atoms with E-state index in [0.717, 1.165) is 41.9 Å². The third-order valence-corrected chi connectivity index (χ3v) is 5.53. The number of carbonyl (C=O) groups is 1. The summed E-state index contributed by atoms with van der Waals surface area (Å²) in [5.41, 5.74) is 6.93. The number of aliphatic imine (C=N–C) groups is 1. The highest BCUT2D eigenvalue weighted by atomic mass is 16.2. The average molecular weight is 332 g/mol. The van der Waals surface area contributed by atoms with Crippen LogP contribution in [0.4, 0.5) is 5.69 Å². The molecule has 1 aromatic rings. The second-order valence-corrected chi connectivity index (χ2v) is 7.35. The molecule has 130 valence electrons. The van der Waals surface area contributed by atoms with Crippen molar-refractivity contribution in [2.24, 2.45) is 10.7 Å². The second kappa shape index (κ2) is 6.86. The minimum absolute atomic E-state index is 0.0929. The van der Waals surface area contributed by atoms with Crippen LogP contribution in [0.5, 0.6) is 0 Å². The van der Waals surface area contributed by atoms with Gasteiger partial charge in [-0.3, -0.25) is 14.8 Å². The first-order valence-electron chi connectivity index (χ1n) is 8.66. The maximum absolute atomic E-state index is 12.4. The van der Waals surface area contributed by atoms with Crippen molar-refractivity contribution in [2.75, 3.05) is 64.7 Å². The summed E-state index contributed by atoms with van der Waals surface area (Å²) >= 11 is 0. The monoisotopic (exact) mass is 332 g/mol. The summed E-state index contributed by atoms with van der Waals surface area (Å²) in [7, 11) is 2.33. The summed E-state index contributed by atoms with van der Waals surface area (Å²) in [5, 5.41) is 3.00. The molecule has 0 aliphatic carbocycles. The summed E-state index contributed by atoms with van der Waals surface area (Å²) in [6.07, 6.45) is 3.78. The average Bonchev–Trinajstić information content (AvgIpc) is 2.58. The number of amides is 1. The fourth-order valence-electron chi connectivity index (χ4n) is 3.67. The SMILES string of the molecule is C[N+]12CC[N+](CC(=O)Nc3ccc(CCN=CN)nc3)(CC1)CC2. The van der Waals surface area contributed by atoms with E-state index in [2.05, 4.69) is 22.3 Å². The van der Waals surface area contributed by atoms with E-state index in [0.29, 0.717) is 13.1 Å². The van der Waals surface area contributed by atoms with Gasteiger partial charge in [-0.25, -0.2) is 0 Å². The topological polar surface area (TPSA) is 80.4 Å². The van der Waals surface area contributed by atoms with Crippen molar-refractivity contribution >= 4 is 17.9 Å². The molecule has 7 nitrogen and oxygen atoms in total. The lowest BCUT2D eigenvalue weighted by Crippen LogP contribution is -2.74. The maximum atomic E-state index is 12.4. The van der Waals surface area contributed by atoms with Crippen LogP contribution in [-0.2, 0) is 11.2 Å². The molecule has 0 radical (unpaired) electrons. The predicted molar refractivity (Wildman–Crippen MR) is 94.6 cm³/mol. The van der Waals surface area contributed by atoms with E-state index in [1.807, 2.05) is 12.1 Å². The number of likely N-dealkylation sites (N-methyl/N-ethyl adjacent to an activating group) is 1. The molecule has 1 aromatic heterocycles. The number of nitrogens with two attached hydrogens (primary N) is 1. The number of nitrogens with zero attached hydrogens (tertiary/aromatic N) is 4. The highest BCUT2D eigenvalue weighted by Gasteiger charge is 2.47. The van der Waals surface area contributed by atoms with Crippen LogP contribution in [0, 0.1) is 0 Å². The highest BCUT2D eigenvalue weighted by molar-refractivity contribution is 5.91. The van der Waals surface area contributed by atoms with E-state index in [1.165, 1.54) is 30.5 Å². The fraction of sp³-hybridized carbons (Fsp3) is 0.588. The Bertz CT molecular complexity index is 587. The molecule has 4 heterocycles. The van der Waals surface area contributed by atoms with Gasteiger partial charge in [0.15, 0.2) is 6.54 Å². The van der Waals surface area contributed by atoms with Crippen LogP contribution < -0.4 is 11.1 Å². The van der Waals surface area contributed by atoms with Crippen LogP contribution in [0.15, 0.2) is 23.3 Å². The Balaban J connectivity index is 1.52. The Kier molecular flexibility index (Phi) is 4.82. The maximum Gasteiger partial charge on any atom is 0.279 e. The van der Waals surface area contributed by atoms with Crippen molar-refractivity contribution in [3.63, 3.8) is 0 Å². The number of nitrogens with one attached hydrogen (secondary N) is 1. The van der Waals surface area contributed by atoms with Gasteiger partial charge in [0.1, 0.15) is 39.3 Å². The number of rotatable bonds is 6. The minimum atomic E-state index is 0.0929. The molecule has 0 atom stereocenters. The first-order valence-corrected chi connectivity index (χ1v) is 8.66. The van der Waals surface area contributed by atoms with E-state index in [1.54, 1.807) is 6.20 Å². The zero-order chi connectivity index (χ0) is 17.0. The van der Waals surface area contributed by atoms with Crippen molar-refractivity contribution in [1.29, 1.82) is 0 Å². The number of carbonyl (C=O) groups excluding carboxylic acids is 1. The molecule has 24 heavy (non-hydrogen) atoms. The van der Waals surface area contributed by atoms with Gasteiger partial charge in [0, 0.05) is 18.7 Å². The molecule has 3 aliphatic heterocycles. The number of fused-ring (bicyclic) bond motifs is 3. The first-order chi connectivity index (χ1) is 11.5. The Morgan fingerprint density at radius 3 is 2.58 bits per heavy atom. The van der Waals surface area contributed by atoms with Gasteiger partial charge < -0.3 is 20.0 Å². The molecule has 1 amide bonds. The number of piperazine rings is 3. The van der Waals surface area contributed by atoms with Crippen molar-refractivity contribution in [3.05, 3.63) is 24.0 Å². The van der Waals surface area contributed by atoms with Gasteiger partial charge >= 0.3 is 0 Å². The van der Waals surface area contributed by atoms with E-state index in [4.69, 9.17) is 5.73 Å². The second-order valence-electron chi connectivity index (χ2n) is 7.35. The molecule has 3 aliphatic rings. The van der Waals surface area contributed by atoms with E-state index in [9.17, 15) is 4.79 Å². The molecule has 0 saturated carbocycles. The molecular weight excluding hydrogens is 304 g/mol. The third kappa shape index (κ3) is 3.91. The van der Waals surface area contributed by atoms with E-state index >= 15 is 0 Å². The molecule has 4 rings (SSSR count). The Labute approximate surface area is 143 Å². The summed E-state index contributed by atoms with van der Waals surface area (Å²) in [6, 6.07) is 3.84. The Morgan fingerprint density at radius 2 is 2.00 bits per heavy atom. The molecule has 3 fully saturated rings. The summed E-state index contributed by atoms with van der Waals surface area (Å²) in [4.78, 5) is 20.8. The van der Waals surface area contributed by atoms with E-state index in [-0.39, 0.29) is 5.91 Å². The largest absolute Gasteiger partial charge is 0.390 e. The van der Waals surface area contributed by atoms with Crippen LogP contribution in [0.1, 0.15) is 5.69 Å². The van der Waals surface area contributed by atoms with Gasteiger partial charge in [-0.15, -0.1) is 0 Å². The predicted octanol–water partition coefficient (Wildman–Crippen LogP) is -0.160. The lowest BCUT2D eigenvalue weighted by atomic mass is 10.1. The van der Waals surface area contributed by atoms with Crippen LogP contribution in [0.3, 0.4) is 0 Å². The van der Waals surface area contributed by atoms with Crippen LogP contribution in [0.25, 0.3) is 0 Å². The number of hydrogen-bond acceptors (Lipinski definition) is 3. The van der Waals surface area contributed by atoms with Gasteiger partial charge in [0.05, 0.1) is 25.3 Å². The lowest BCUT2D eigenvalue weighted by molar-refractivity contribution is -1.07. The number of pyridine rings is 1. The zero-order valence-electron chi connectivity index (χ0n) is 14.4. The molecule has 7 heteroatoms. The van der Waals surface area contributed by atoms with Gasteiger partial charge in [-0.1, -0.05) is 0 Å². The molecule has 0 aromatic carbocycles. The van der Waals surface area contributed by atoms with Crippen molar-refractivity contribution in [1.82, 2.24) is 4.98 Å². The van der Waals surface area contributed by atoms with Gasteiger partial charge in [-0.2, -0.15) is 0 Å². The summed E-state index contributed by atoms with van der Waals surface area (Å²) in [6.45, 7) is 8.12. The zero-order valence-corrected chi connectivity index (χ0v) is 14.4. The molecule has 0 spiro atoms. The number of anilines is 1. The quantitative estimate of drug-likeness (QED) is 0.432. The van der Waals surface area contributed by atoms with E-state index < -0.39 is 0 Å². The van der Waals surface area contributed by atoms with Gasteiger partial charge in [0.2, 0.25) is 0 Å². The van der Waals surface area contributed by atoms with Crippen LogP contribution in [0.2, 0.25) is 0 Å².